The van der Waals surface area contributed by atoms with Crippen molar-refractivity contribution in [2.45, 2.75) is 44.9 Å². The van der Waals surface area contributed by atoms with E-state index in [2.05, 4.69) is 32.0 Å². The molecule has 2 atom stereocenters. The van der Waals surface area contributed by atoms with E-state index < -0.39 is 5.97 Å². The monoisotopic (exact) mass is 218 g/mol. The Bertz CT molecular complexity index is 409. The van der Waals surface area contributed by atoms with Gasteiger partial charge in [0.1, 0.15) is 0 Å². The molecule has 0 saturated heterocycles. The van der Waals surface area contributed by atoms with Crippen molar-refractivity contribution in [3.05, 3.63) is 34.9 Å². The fourth-order valence-electron chi connectivity index (χ4n) is 2.73. The summed E-state index contributed by atoms with van der Waals surface area (Å²) in [5.74, 6) is 0.0335. The Morgan fingerprint density at radius 2 is 2.19 bits per heavy atom. The van der Waals surface area contributed by atoms with Gasteiger partial charge >= 0.3 is 5.97 Å². The van der Waals surface area contributed by atoms with Crippen LogP contribution in [0, 0.1) is 0 Å². The van der Waals surface area contributed by atoms with Crippen LogP contribution in [0.15, 0.2) is 18.2 Å². The minimum Gasteiger partial charge on any atom is -0.481 e. The van der Waals surface area contributed by atoms with Crippen molar-refractivity contribution in [1.82, 2.24) is 0 Å². The van der Waals surface area contributed by atoms with Gasteiger partial charge in [0.2, 0.25) is 0 Å². The van der Waals surface area contributed by atoms with Crippen LogP contribution >= 0.6 is 0 Å². The van der Waals surface area contributed by atoms with Crippen LogP contribution in [0.3, 0.4) is 0 Å². The lowest BCUT2D eigenvalue weighted by atomic mass is 9.96. The van der Waals surface area contributed by atoms with Crippen molar-refractivity contribution in [3.8, 4) is 0 Å². The number of hydrogen-bond acceptors (Lipinski definition) is 1. The molecule has 0 bridgehead atoms. The van der Waals surface area contributed by atoms with Gasteiger partial charge in [-0.1, -0.05) is 32.0 Å². The fraction of sp³-hybridized carbons (Fsp3) is 0.500. The molecule has 0 radical (unpaired) electrons. The largest absolute Gasteiger partial charge is 0.481 e. The highest BCUT2D eigenvalue weighted by molar-refractivity contribution is 5.68. The van der Waals surface area contributed by atoms with Gasteiger partial charge in [-0.15, -0.1) is 0 Å². The third kappa shape index (κ3) is 1.97. The Morgan fingerprint density at radius 1 is 1.44 bits per heavy atom. The molecule has 2 rings (SSSR count). The molecule has 2 heteroatoms. The number of rotatable bonds is 3. The molecule has 0 aromatic heterocycles. The highest BCUT2D eigenvalue weighted by Crippen LogP contribution is 2.43. The summed E-state index contributed by atoms with van der Waals surface area (Å²) in [7, 11) is 0. The molecule has 2 unspecified atom stereocenters. The molecule has 0 heterocycles. The van der Waals surface area contributed by atoms with Gasteiger partial charge in [-0.3, -0.25) is 4.79 Å². The third-order valence-corrected chi connectivity index (χ3v) is 3.59. The van der Waals surface area contributed by atoms with Gasteiger partial charge in [0.15, 0.2) is 0 Å². The van der Waals surface area contributed by atoms with E-state index in [0.29, 0.717) is 5.92 Å². The van der Waals surface area contributed by atoms with Crippen molar-refractivity contribution >= 4 is 5.97 Å². The predicted octanol–water partition coefficient (Wildman–Crippen LogP) is 3.31. The summed E-state index contributed by atoms with van der Waals surface area (Å²) >= 11 is 0. The predicted molar refractivity (Wildman–Crippen MR) is 63.8 cm³/mol. The second kappa shape index (κ2) is 4.28. The number of carbonyl (C=O) groups is 1. The van der Waals surface area contributed by atoms with Gasteiger partial charge in [0, 0.05) is 0 Å². The topological polar surface area (TPSA) is 37.3 Å². The molecule has 0 saturated carbocycles. The Kier molecular flexibility index (Phi) is 2.99. The van der Waals surface area contributed by atoms with Crippen LogP contribution in [0.25, 0.3) is 0 Å². The number of carboxylic acids is 1. The molecule has 86 valence electrons. The molecule has 1 aliphatic rings. The molecular formula is C14H18O2. The summed E-state index contributed by atoms with van der Waals surface area (Å²) in [6.45, 7) is 4.32. The normalized spacial score (nSPS) is 23.1. The molecule has 2 nitrogen and oxygen atoms in total. The highest BCUT2D eigenvalue weighted by Gasteiger charge is 2.29. The number of carboxylic acid groups (broad SMARTS) is 1. The van der Waals surface area contributed by atoms with Gasteiger partial charge in [0.25, 0.3) is 0 Å². The van der Waals surface area contributed by atoms with Crippen LogP contribution in [0.1, 0.15) is 55.2 Å². The smallest absolute Gasteiger partial charge is 0.303 e. The van der Waals surface area contributed by atoms with E-state index in [-0.39, 0.29) is 12.3 Å². The standard InChI is InChI=1S/C14H18O2/c1-3-10-4-5-12-9(2)6-11(8-14(15)16)13(12)7-10/h4-5,7,9,11H,3,6,8H2,1-2H3,(H,15,16). The number of aryl methyl sites for hydroxylation is 1. The molecule has 1 aromatic rings. The second-order valence-corrected chi connectivity index (χ2v) is 4.75. The molecule has 16 heavy (non-hydrogen) atoms. The van der Waals surface area contributed by atoms with E-state index in [9.17, 15) is 4.79 Å². The first-order chi connectivity index (χ1) is 7.61. The number of benzene rings is 1. The lowest BCUT2D eigenvalue weighted by Crippen LogP contribution is -2.03. The third-order valence-electron chi connectivity index (χ3n) is 3.59. The number of fused-ring (bicyclic) bond motifs is 1. The first-order valence-electron chi connectivity index (χ1n) is 5.96. The van der Waals surface area contributed by atoms with E-state index in [0.717, 1.165) is 12.8 Å². The molecule has 0 spiro atoms. The van der Waals surface area contributed by atoms with E-state index in [1.807, 2.05) is 0 Å². The lowest BCUT2D eigenvalue weighted by molar-refractivity contribution is -0.137. The molecule has 0 aliphatic heterocycles. The summed E-state index contributed by atoms with van der Waals surface area (Å²) in [5, 5.41) is 8.91. The summed E-state index contributed by atoms with van der Waals surface area (Å²) in [6.07, 6.45) is 2.26. The summed E-state index contributed by atoms with van der Waals surface area (Å²) < 4.78 is 0. The molecule has 1 N–H and O–H groups in total. The lowest BCUT2D eigenvalue weighted by Gasteiger charge is -2.09. The molecule has 0 amide bonds. The van der Waals surface area contributed by atoms with E-state index in [1.54, 1.807) is 0 Å². The minimum absolute atomic E-state index is 0.217. The van der Waals surface area contributed by atoms with E-state index in [4.69, 9.17) is 5.11 Å². The first-order valence-corrected chi connectivity index (χ1v) is 5.96. The van der Waals surface area contributed by atoms with E-state index >= 15 is 0 Å². The summed E-state index contributed by atoms with van der Waals surface area (Å²) in [5.41, 5.74) is 3.93. The maximum atomic E-state index is 10.8. The summed E-state index contributed by atoms with van der Waals surface area (Å²) in [6, 6.07) is 6.55. The number of hydrogen-bond donors (Lipinski definition) is 1. The van der Waals surface area contributed by atoms with Crippen molar-refractivity contribution in [2.24, 2.45) is 0 Å². The maximum absolute atomic E-state index is 10.8. The molecular weight excluding hydrogens is 200 g/mol. The van der Waals surface area contributed by atoms with Crippen LogP contribution in [-0.2, 0) is 11.2 Å². The zero-order valence-electron chi connectivity index (χ0n) is 9.86. The summed E-state index contributed by atoms with van der Waals surface area (Å²) in [4.78, 5) is 10.8. The van der Waals surface area contributed by atoms with Crippen LogP contribution in [-0.4, -0.2) is 11.1 Å². The second-order valence-electron chi connectivity index (χ2n) is 4.75. The van der Waals surface area contributed by atoms with Gasteiger partial charge in [0.05, 0.1) is 6.42 Å². The SMILES string of the molecule is CCc1ccc2c(c1)C(CC(=O)O)CC2C. The van der Waals surface area contributed by atoms with Crippen LogP contribution < -0.4 is 0 Å². The van der Waals surface area contributed by atoms with Crippen molar-refractivity contribution in [2.75, 3.05) is 0 Å². The van der Waals surface area contributed by atoms with Crippen LogP contribution in [0.2, 0.25) is 0 Å². The Morgan fingerprint density at radius 3 is 2.81 bits per heavy atom. The maximum Gasteiger partial charge on any atom is 0.303 e. The van der Waals surface area contributed by atoms with Crippen LogP contribution in [0.5, 0.6) is 0 Å². The highest BCUT2D eigenvalue weighted by atomic mass is 16.4. The van der Waals surface area contributed by atoms with Gasteiger partial charge in [-0.2, -0.15) is 0 Å². The zero-order valence-corrected chi connectivity index (χ0v) is 9.86. The number of aliphatic carboxylic acids is 1. The molecule has 1 aliphatic carbocycles. The van der Waals surface area contributed by atoms with Gasteiger partial charge < -0.3 is 5.11 Å². The average molecular weight is 218 g/mol. The van der Waals surface area contributed by atoms with Crippen molar-refractivity contribution in [3.63, 3.8) is 0 Å². The quantitative estimate of drug-likeness (QED) is 0.845. The van der Waals surface area contributed by atoms with Crippen LogP contribution in [0.4, 0.5) is 0 Å². The van der Waals surface area contributed by atoms with Crippen molar-refractivity contribution < 1.29 is 9.90 Å². The minimum atomic E-state index is -0.688. The Hall–Kier alpha value is -1.31. The van der Waals surface area contributed by atoms with E-state index in [1.165, 1.54) is 16.7 Å². The van der Waals surface area contributed by atoms with Gasteiger partial charge in [-0.25, -0.2) is 0 Å². The average Bonchev–Trinajstić information content (AvgIpc) is 2.54. The Labute approximate surface area is 96.3 Å². The first kappa shape index (κ1) is 11.2. The molecule has 0 fully saturated rings. The van der Waals surface area contributed by atoms with Gasteiger partial charge in [-0.05, 0) is 41.4 Å². The van der Waals surface area contributed by atoms with Crippen molar-refractivity contribution in [1.29, 1.82) is 0 Å². The Balaban J connectivity index is 2.34. The zero-order chi connectivity index (χ0) is 11.7. The fourth-order valence-corrected chi connectivity index (χ4v) is 2.73. The molecule has 1 aromatic carbocycles.